The largest absolute Gasteiger partial charge is 0.456 e. The van der Waals surface area contributed by atoms with E-state index in [1.165, 1.54) is 9.13 Å². The molecule has 103 heavy (non-hydrogen) atoms. The van der Waals surface area contributed by atoms with E-state index in [2.05, 4.69) is 113 Å². The molecule has 0 unspecified atom stereocenters. The van der Waals surface area contributed by atoms with Crippen LogP contribution in [0.2, 0.25) is 0 Å². The molecule has 3 aromatic heterocycles. The Balaban J connectivity index is 0.963. The predicted octanol–water partition coefficient (Wildman–Crippen LogP) is 27.4. The van der Waals surface area contributed by atoms with E-state index >= 15 is 0 Å². The molecule has 0 saturated heterocycles. The zero-order valence-corrected chi connectivity index (χ0v) is 54.9. The summed E-state index contributed by atoms with van der Waals surface area (Å²) in [5, 5.41) is 5.51. The van der Waals surface area contributed by atoms with Gasteiger partial charge in [-0.2, -0.15) is 0 Å². The Hall–Kier alpha value is -13.7. The summed E-state index contributed by atoms with van der Waals surface area (Å²) in [5.41, 5.74) is 13.0. The molecule has 0 spiro atoms. The van der Waals surface area contributed by atoms with Gasteiger partial charge in [-0.05, 0) is 158 Å². The van der Waals surface area contributed by atoms with Crippen molar-refractivity contribution < 1.29 is 26.3 Å². The molecule has 5 nitrogen and oxygen atoms in total. The summed E-state index contributed by atoms with van der Waals surface area (Å²) < 4.78 is 160. The van der Waals surface area contributed by atoms with Crippen LogP contribution in [0.3, 0.4) is 0 Å². The molecule has 0 aliphatic heterocycles. The van der Waals surface area contributed by atoms with Crippen LogP contribution in [0.15, 0.2) is 392 Å². The van der Waals surface area contributed by atoms with Crippen LogP contribution in [0.25, 0.3) is 154 Å². The molecule has 0 N–H and O–H groups in total. The topological polar surface area (TPSA) is 29.5 Å². The summed E-state index contributed by atoms with van der Waals surface area (Å²) in [6, 6.07) is 88.4. The number of aromatic nitrogens is 2. The van der Waals surface area contributed by atoms with E-state index in [-0.39, 0.29) is 55.0 Å². The summed E-state index contributed by atoms with van der Waals surface area (Å²) >= 11 is 0. The molecule has 0 amide bonds. The van der Waals surface area contributed by atoms with E-state index in [1.807, 2.05) is 176 Å². The molecule has 20 rings (SSSR count). The Kier molecular flexibility index (Phi) is 10.8. The maximum absolute atomic E-state index is 9.78. The molecule has 20 aromatic rings. The number of benzene rings is 17. The molecule has 5 heteroatoms. The lowest BCUT2D eigenvalue weighted by atomic mass is 9.91. The van der Waals surface area contributed by atoms with Crippen LogP contribution in [0.5, 0.6) is 0 Å². The maximum atomic E-state index is 9.78. The van der Waals surface area contributed by atoms with E-state index in [0.717, 1.165) is 82.4 Å². The lowest BCUT2D eigenvalue weighted by Gasteiger charge is -2.34. The first kappa shape index (κ1) is 45.0. The highest BCUT2D eigenvalue weighted by molar-refractivity contribution is 6.13. The van der Waals surface area contributed by atoms with E-state index in [0.29, 0.717) is 50.9 Å². The van der Waals surface area contributed by atoms with Crippen LogP contribution in [0.1, 0.15) is 21.9 Å². The van der Waals surface area contributed by atoms with Gasteiger partial charge in [0.15, 0.2) is 0 Å². The minimum atomic E-state index is -0.571. The first-order valence-corrected chi connectivity index (χ1v) is 34.0. The highest BCUT2D eigenvalue weighted by Crippen LogP contribution is 2.53. The first-order chi connectivity index (χ1) is 57.7. The lowest BCUT2D eigenvalue weighted by molar-refractivity contribution is 0.669. The van der Waals surface area contributed by atoms with Gasteiger partial charge in [0.2, 0.25) is 0 Å². The highest BCUT2D eigenvalue weighted by atomic mass is 16.3. The Morgan fingerprint density at radius 1 is 0.233 bits per heavy atom. The average molecular weight is 1330 g/mol. The van der Waals surface area contributed by atoms with E-state index in [9.17, 15) is 16.4 Å². The lowest BCUT2D eigenvalue weighted by Crippen LogP contribution is -2.16. The van der Waals surface area contributed by atoms with Gasteiger partial charge in [-0.15, -0.1) is 0 Å². The third kappa shape index (κ3) is 10.1. The molecule has 0 radical (unpaired) electrons. The van der Waals surface area contributed by atoms with Crippen molar-refractivity contribution in [2.75, 3.05) is 9.80 Å². The molecule has 0 bridgehead atoms. The molecule has 0 fully saturated rings. The van der Waals surface area contributed by atoms with Gasteiger partial charge < -0.3 is 23.4 Å². The molecular formula is C98H64N4O. The Labute approximate surface area is 618 Å². The molecule has 0 aliphatic carbocycles. The van der Waals surface area contributed by atoms with Crippen LogP contribution in [-0.2, 0) is 0 Å². The Bertz CT molecular complexity index is 7510. The average Bonchev–Trinajstić information content (AvgIpc) is 1.56. The molecule has 0 atom stereocenters. The van der Waals surface area contributed by atoms with Crippen molar-refractivity contribution in [1.82, 2.24) is 9.13 Å². The summed E-state index contributed by atoms with van der Waals surface area (Å²) in [6.45, 7) is 0. The summed E-state index contributed by atoms with van der Waals surface area (Å²) in [6.07, 6.45) is 0. The van der Waals surface area contributed by atoms with Crippen LogP contribution in [-0.4, -0.2) is 9.13 Å². The van der Waals surface area contributed by atoms with Crippen LogP contribution < -0.4 is 9.80 Å². The van der Waals surface area contributed by atoms with Gasteiger partial charge in [-0.3, -0.25) is 0 Å². The van der Waals surface area contributed by atoms with Gasteiger partial charge in [0, 0.05) is 88.7 Å². The molecule has 17 aromatic carbocycles. The minimum absolute atomic E-state index is 0.0604. The fourth-order valence-electron chi connectivity index (χ4n) is 15.2. The number of hydrogen-bond donors (Lipinski definition) is 0. The molecule has 482 valence electrons. The van der Waals surface area contributed by atoms with Gasteiger partial charge in [0.05, 0.1) is 55.4 Å². The number of anilines is 6. The number of rotatable bonds is 13. The number of furan rings is 1. The van der Waals surface area contributed by atoms with Crippen molar-refractivity contribution >= 4 is 121 Å². The fourth-order valence-corrected chi connectivity index (χ4v) is 15.2. The fraction of sp³-hybridized carbons (Fsp3) is 0. The maximum Gasteiger partial charge on any atom is 0.135 e. The molecule has 0 aliphatic rings. The number of fused-ring (bicyclic) bond motifs is 12. The van der Waals surface area contributed by atoms with E-state index in [1.54, 1.807) is 12.1 Å². The monoisotopic (exact) mass is 1330 g/mol. The van der Waals surface area contributed by atoms with Crippen LogP contribution >= 0.6 is 0 Å². The second-order valence-corrected chi connectivity index (χ2v) is 25.5. The van der Waals surface area contributed by atoms with Crippen LogP contribution in [0.4, 0.5) is 34.1 Å². The number of nitrogens with zero attached hydrogens (tertiary/aromatic N) is 4. The quantitative estimate of drug-likeness (QED) is 0.108. The molecule has 0 saturated carbocycles. The Morgan fingerprint density at radius 3 is 1.13 bits per heavy atom. The molecule has 3 heterocycles. The van der Waals surface area contributed by atoms with Gasteiger partial charge in [0.1, 0.15) is 11.2 Å². The van der Waals surface area contributed by atoms with Crippen molar-refractivity contribution in [2.24, 2.45) is 0 Å². The van der Waals surface area contributed by atoms with Crippen molar-refractivity contribution in [2.45, 2.75) is 0 Å². The van der Waals surface area contributed by atoms with Crippen molar-refractivity contribution in [3.63, 3.8) is 0 Å². The van der Waals surface area contributed by atoms with E-state index < -0.39 is 96.7 Å². The minimum Gasteiger partial charge on any atom is -0.456 e. The second-order valence-electron chi connectivity index (χ2n) is 25.5. The standard InChI is InChI=1S/C98H64N4O/c1-4-26-65(27-5-1)80-43-24-44-81(66-28-6-2-7-29-66)97(80)99(73-33-22-35-75(62-73)101-91-47-17-12-38-84(91)85-39-13-18-48-92(85)101)77-58-72(70-56-57-96-90(60-70)88-42-16-21-51-95(88)103-96)59-78(64-77)100(74-34-23-36-76(63-74)102-93-49-19-14-40-86(93)87-41-15-20-50-94(87)102)98-82(67-30-8-3-9-31-67)45-25-46-83(98)71-55-54-69-53-52-68-32-10-11-37-79(68)89(69)61-71/h1-64H/i12D,13D,14D,15D,17D,18D,19D,20D,38D,39D,40D,41D,47D,48D,49D,50D. The second kappa shape index (κ2) is 24.6. The van der Waals surface area contributed by atoms with Gasteiger partial charge in [-0.25, -0.2) is 0 Å². The Morgan fingerprint density at radius 2 is 0.621 bits per heavy atom. The third-order valence-corrected chi connectivity index (χ3v) is 19.7. The van der Waals surface area contributed by atoms with Gasteiger partial charge in [-0.1, -0.05) is 285 Å². The molecular weight excluding hydrogens is 1250 g/mol. The van der Waals surface area contributed by atoms with Gasteiger partial charge in [0.25, 0.3) is 0 Å². The van der Waals surface area contributed by atoms with Gasteiger partial charge >= 0.3 is 0 Å². The van der Waals surface area contributed by atoms with Crippen molar-refractivity contribution in [3.05, 3.63) is 388 Å². The predicted molar refractivity (Wildman–Crippen MR) is 434 cm³/mol. The highest BCUT2D eigenvalue weighted by Gasteiger charge is 2.29. The zero-order chi connectivity index (χ0) is 81.8. The number of para-hydroxylation sites is 7. The normalized spacial score (nSPS) is 13.9. The van der Waals surface area contributed by atoms with Crippen molar-refractivity contribution in [1.29, 1.82) is 0 Å². The first-order valence-electron chi connectivity index (χ1n) is 42.0. The summed E-state index contributed by atoms with van der Waals surface area (Å²) in [7, 11) is 0. The third-order valence-electron chi connectivity index (χ3n) is 19.7. The summed E-state index contributed by atoms with van der Waals surface area (Å²) in [5.74, 6) is 0. The SMILES string of the molecule is [2H]c1c([2H])c([2H])c2c(c1[2H])c1c([2H])c([2H])c([2H])c([2H])c1n2-c1cccc(N(c2cc(-c3ccc4oc5ccccc5c4c3)cc(N(c3cccc(-n4c5c([2H])c([2H])c([2H])c([2H])c5c5c([2H])c([2H])c([2H])c([2H])c54)c3)c3c(-c4ccccc4)cccc3-c3ccc4ccc5ccccc5c4c3)c2)c2c(-c3ccccc3)cccc2-c2ccccc2)c1. The van der Waals surface area contributed by atoms with E-state index in [4.69, 9.17) is 9.90 Å². The smallest absolute Gasteiger partial charge is 0.135 e. The number of hydrogen-bond acceptors (Lipinski definition) is 3. The van der Waals surface area contributed by atoms with Crippen LogP contribution in [0, 0.1) is 0 Å². The zero-order valence-electron chi connectivity index (χ0n) is 70.9. The summed E-state index contributed by atoms with van der Waals surface area (Å²) in [4.78, 5) is 4.34. The van der Waals surface area contributed by atoms with Crippen molar-refractivity contribution in [3.8, 4) is 67.0 Å².